The molecule has 2 aliphatic rings. The predicted octanol–water partition coefficient (Wildman–Crippen LogP) is 0.158. The van der Waals surface area contributed by atoms with Gasteiger partial charge in [0, 0.05) is 38.6 Å². The summed E-state index contributed by atoms with van der Waals surface area (Å²) >= 11 is 0. The highest BCUT2D eigenvalue weighted by atomic mass is 16.5. The number of rotatable bonds is 6. The number of aromatic nitrogens is 2. The number of pyridine rings is 2. The number of aliphatic hydroxyl groups is 1. The lowest BCUT2D eigenvalue weighted by atomic mass is 9.53. The monoisotopic (exact) mass is 469 g/mol. The molecule has 0 aliphatic carbocycles. The number of nitrogens with zero attached hydrogens (tertiary/aromatic N) is 4. The van der Waals surface area contributed by atoms with Gasteiger partial charge < -0.3 is 20.3 Å². The molecule has 3 N–H and O–H groups in total. The third-order valence-electron chi connectivity index (χ3n) is 7.25. The molecule has 182 valence electrons. The smallest absolute Gasteiger partial charge is 0.317 e. The molecule has 0 radical (unpaired) electrons. The van der Waals surface area contributed by atoms with Crippen molar-refractivity contribution < 1.29 is 24.2 Å². The number of hydrogen-bond donors (Lipinski definition) is 2. The standard InChI is InChI=1S/C24H31N5O5/c1-28-18(16-8-4-6-11-26-16)23(21(31)33-2)14-29(13-10-25)15-24(20(23)30,22(32)34-3)19(28)17-9-5-7-12-27-17/h4-9,11-12,18-20,30H,10,13-15,25H2,1-3H3/t18-,19+,20?,23-,24+. The largest absolute Gasteiger partial charge is 0.468 e. The zero-order valence-corrected chi connectivity index (χ0v) is 19.6. The molecule has 2 fully saturated rings. The first kappa shape index (κ1) is 24.2. The van der Waals surface area contributed by atoms with Crippen LogP contribution in [0.2, 0.25) is 0 Å². The highest BCUT2D eigenvalue weighted by Crippen LogP contribution is 2.62. The first-order valence-electron chi connectivity index (χ1n) is 11.2. The fourth-order valence-electron chi connectivity index (χ4n) is 6.09. The average molecular weight is 470 g/mol. The van der Waals surface area contributed by atoms with Gasteiger partial charge in [-0.3, -0.25) is 29.4 Å². The molecule has 2 saturated heterocycles. The number of fused-ring (bicyclic) bond motifs is 2. The maximum Gasteiger partial charge on any atom is 0.317 e. The van der Waals surface area contributed by atoms with Crippen molar-refractivity contribution in [2.24, 2.45) is 16.6 Å². The van der Waals surface area contributed by atoms with E-state index < -0.39 is 41.0 Å². The van der Waals surface area contributed by atoms with Gasteiger partial charge in [0.2, 0.25) is 0 Å². The van der Waals surface area contributed by atoms with Gasteiger partial charge >= 0.3 is 11.9 Å². The minimum Gasteiger partial charge on any atom is -0.468 e. The van der Waals surface area contributed by atoms with E-state index in [0.29, 0.717) is 24.5 Å². The summed E-state index contributed by atoms with van der Waals surface area (Å²) in [7, 11) is 4.39. The maximum absolute atomic E-state index is 13.6. The van der Waals surface area contributed by atoms with Crippen LogP contribution in [0.25, 0.3) is 0 Å². The summed E-state index contributed by atoms with van der Waals surface area (Å²) in [6, 6.07) is 9.39. The van der Waals surface area contributed by atoms with Crippen LogP contribution in [0.4, 0.5) is 0 Å². The zero-order chi connectivity index (χ0) is 24.5. The summed E-state index contributed by atoms with van der Waals surface area (Å²) in [5.41, 5.74) is 3.97. The maximum atomic E-state index is 13.6. The van der Waals surface area contributed by atoms with E-state index in [1.807, 2.05) is 29.0 Å². The van der Waals surface area contributed by atoms with Crippen LogP contribution in [0, 0.1) is 10.8 Å². The van der Waals surface area contributed by atoms with Gasteiger partial charge in [-0.15, -0.1) is 0 Å². The molecular formula is C24H31N5O5. The number of likely N-dealkylation sites (tertiary alicyclic amines) is 2. The Morgan fingerprint density at radius 2 is 1.47 bits per heavy atom. The fourth-order valence-corrected chi connectivity index (χ4v) is 6.09. The van der Waals surface area contributed by atoms with Crippen LogP contribution in [0.1, 0.15) is 23.5 Å². The van der Waals surface area contributed by atoms with Gasteiger partial charge in [0.05, 0.1) is 43.8 Å². The Hall–Kier alpha value is -2.92. The highest BCUT2D eigenvalue weighted by Gasteiger charge is 2.74. The van der Waals surface area contributed by atoms with Gasteiger partial charge in [-0.1, -0.05) is 12.1 Å². The molecule has 2 aromatic rings. The summed E-state index contributed by atoms with van der Waals surface area (Å²) in [4.78, 5) is 40.2. The van der Waals surface area contributed by atoms with Gasteiger partial charge in [-0.05, 0) is 31.3 Å². The number of ether oxygens (including phenoxy) is 2. The van der Waals surface area contributed by atoms with E-state index >= 15 is 0 Å². The topological polar surface area (TPSA) is 131 Å². The third-order valence-corrected chi connectivity index (χ3v) is 7.25. The summed E-state index contributed by atoms with van der Waals surface area (Å²) in [5.74, 6) is -1.26. The molecule has 4 heterocycles. The van der Waals surface area contributed by atoms with Gasteiger partial charge in [-0.25, -0.2) is 0 Å². The van der Waals surface area contributed by atoms with Crippen LogP contribution < -0.4 is 5.73 Å². The quantitative estimate of drug-likeness (QED) is 0.564. The summed E-state index contributed by atoms with van der Waals surface area (Å²) in [5, 5.41) is 12.1. The number of carbonyl (C=O) groups is 2. The Morgan fingerprint density at radius 3 is 1.82 bits per heavy atom. The Bertz CT molecular complexity index is 947. The van der Waals surface area contributed by atoms with Crippen LogP contribution in [0.5, 0.6) is 0 Å². The molecule has 0 spiro atoms. The van der Waals surface area contributed by atoms with E-state index in [1.54, 1.807) is 36.7 Å². The van der Waals surface area contributed by atoms with E-state index in [2.05, 4.69) is 9.97 Å². The summed E-state index contributed by atoms with van der Waals surface area (Å²) < 4.78 is 10.6. The van der Waals surface area contributed by atoms with Gasteiger partial charge in [-0.2, -0.15) is 0 Å². The lowest BCUT2D eigenvalue weighted by Gasteiger charge is -2.64. The first-order chi connectivity index (χ1) is 16.4. The van der Waals surface area contributed by atoms with Crippen molar-refractivity contribution in [1.29, 1.82) is 0 Å². The number of piperidine rings is 2. The fraction of sp³-hybridized carbons (Fsp3) is 0.500. The van der Waals surface area contributed by atoms with E-state index in [1.165, 1.54) is 14.2 Å². The Balaban J connectivity index is 2.06. The van der Waals surface area contributed by atoms with Crippen LogP contribution in [0.15, 0.2) is 48.8 Å². The van der Waals surface area contributed by atoms with E-state index in [4.69, 9.17) is 15.2 Å². The molecule has 2 aliphatic heterocycles. The van der Waals surface area contributed by atoms with Crippen LogP contribution in [-0.4, -0.2) is 90.4 Å². The van der Waals surface area contributed by atoms with Crippen molar-refractivity contribution in [2.45, 2.75) is 18.2 Å². The van der Waals surface area contributed by atoms with E-state index in [-0.39, 0.29) is 13.1 Å². The molecular weight excluding hydrogens is 438 g/mol. The van der Waals surface area contributed by atoms with Crippen molar-refractivity contribution in [3.8, 4) is 0 Å². The van der Waals surface area contributed by atoms with Crippen molar-refractivity contribution in [3.63, 3.8) is 0 Å². The molecule has 2 aromatic heterocycles. The number of esters is 2. The Labute approximate surface area is 198 Å². The minimum absolute atomic E-state index is 0.136. The molecule has 5 atom stereocenters. The number of methoxy groups -OCH3 is 2. The van der Waals surface area contributed by atoms with Gasteiger partial charge in [0.25, 0.3) is 0 Å². The molecule has 0 amide bonds. The normalized spacial score (nSPS) is 31.6. The molecule has 2 bridgehead atoms. The molecule has 0 aromatic carbocycles. The number of hydrogen-bond acceptors (Lipinski definition) is 10. The molecule has 4 rings (SSSR count). The van der Waals surface area contributed by atoms with Gasteiger partial charge in [0.15, 0.2) is 0 Å². The first-order valence-corrected chi connectivity index (χ1v) is 11.2. The van der Waals surface area contributed by atoms with Crippen LogP contribution in [0.3, 0.4) is 0 Å². The van der Waals surface area contributed by atoms with Crippen LogP contribution in [-0.2, 0) is 19.1 Å². The van der Waals surface area contributed by atoms with E-state index in [0.717, 1.165) is 0 Å². The number of aliphatic hydroxyl groups excluding tert-OH is 1. The SMILES string of the molecule is COC(=O)[C@@]12CN(CCN)C[C@@](C(=O)OC)(C1O)[C@H](c1ccccn1)N(C)[C@@H]2c1ccccn1. The highest BCUT2D eigenvalue weighted by molar-refractivity contribution is 5.86. The average Bonchev–Trinajstić information content (AvgIpc) is 2.86. The van der Waals surface area contributed by atoms with E-state index in [9.17, 15) is 14.7 Å². The second-order valence-electron chi connectivity index (χ2n) is 8.95. The summed E-state index contributed by atoms with van der Waals surface area (Å²) in [6.45, 7) is 0.995. The lowest BCUT2D eigenvalue weighted by molar-refractivity contribution is -0.249. The second kappa shape index (κ2) is 9.38. The van der Waals surface area contributed by atoms with Crippen molar-refractivity contribution in [2.75, 3.05) is 47.4 Å². The predicted molar refractivity (Wildman–Crippen MR) is 122 cm³/mol. The number of carbonyl (C=O) groups excluding carboxylic acids is 2. The lowest BCUT2D eigenvalue weighted by Crippen LogP contribution is -2.77. The molecule has 0 saturated carbocycles. The zero-order valence-electron chi connectivity index (χ0n) is 19.6. The summed E-state index contributed by atoms with van der Waals surface area (Å²) in [6.07, 6.45) is 1.84. The Morgan fingerprint density at radius 1 is 1.00 bits per heavy atom. The van der Waals surface area contributed by atoms with Crippen molar-refractivity contribution in [1.82, 2.24) is 19.8 Å². The Kier molecular flexibility index (Phi) is 6.68. The molecule has 1 unspecified atom stereocenters. The van der Waals surface area contributed by atoms with Crippen LogP contribution >= 0.6 is 0 Å². The van der Waals surface area contributed by atoms with Crippen molar-refractivity contribution >= 4 is 11.9 Å². The number of nitrogens with two attached hydrogens (primary N) is 1. The second-order valence-corrected chi connectivity index (χ2v) is 8.95. The van der Waals surface area contributed by atoms with Gasteiger partial charge in [0.1, 0.15) is 10.8 Å². The molecule has 10 nitrogen and oxygen atoms in total. The van der Waals surface area contributed by atoms with Crippen molar-refractivity contribution in [3.05, 3.63) is 60.2 Å². The third kappa shape index (κ3) is 3.40. The molecule has 34 heavy (non-hydrogen) atoms. The minimum atomic E-state index is -1.54. The molecule has 10 heteroatoms.